The number of unbranched alkanes of at least 4 members (excludes halogenated alkanes) is 1. The number of rotatable bonds is 4. The second kappa shape index (κ2) is 7.86. The Bertz CT molecular complexity index is 842. The highest BCUT2D eigenvalue weighted by molar-refractivity contribution is 6.24. The van der Waals surface area contributed by atoms with Crippen molar-refractivity contribution in [3.63, 3.8) is 0 Å². The number of allylic oxidation sites excluding steroid dienone is 3. The van der Waals surface area contributed by atoms with E-state index in [9.17, 15) is 14.0 Å². The highest BCUT2D eigenvalue weighted by Crippen LogP contribution is 2.22. The molecular weight excluding hydrogens is 335 g/mol. The molecule has 1 aromatic rings. The molecule has 1 N–H and O–H groups in total. The fourth-order valence-corrected chi connectivity index (χ4v) is 2.76. The Kier molecular flexibility index (Phi) is 5.36. The number of fused-ring (bicyclic) bond motifs is 1. The molecule has 0 fully saturated rings. The average molecular weight is 354 g/mol. The van der Waals surface area contributed by atoms with Crippen LogP contribution in [0.3, 0.4) is 0 Å². The SMILES string of the molecule is CCCCN1C(=O)N=C2C=CC=CC2/C1=N/C(=O)Nc1ccccc1F. The number of hydrogen-bond donors (Lipinski definition) is 1. The van der Waals surface area contributed by atoms with Gasteiger partial charge in [-0.2, -0.15) is 9.98 Å². The number of carbonyl (C=O) groups excluding carboxylic acids is 2. The van der Waals surface area contributed by atoms with E-state index in [1.165, 1.54) is 23.1 Å². The van der Waals surface area contributed by atoms with Crippen LogP contribution in [0.1, 0.15) is 19.8 Å². The topological polar surface area (TPSA) is 74.1 Å². The Labute approximate surface area is 150 Å². The predicted octanol–water partition coefficient (Wildman–Crippen LogP) is 4.18. The Morgan fingerprint density at radius 3 is 2.92 bits per heavy atom. The van der Waals surface area contributed by atoms with Crippen molar-refractivity contribution in [2.24, 2.45) is 15.9 Å². The maximum Gasteiger partial charge on any atom is 0.349 e. The number of aliphatic imine (C=N–C) groups is 2. The van der Waals surface area contributed by atoms with Crippen LogP contribution in [0, 0.1) is 11.7 Å². The first-order chi connectivity index (χ1) is 12.6. The van der Waals surface area contributed by atoms with Crippen LogP contribution in [-0.2, 0) is 0 Å². The molecule has 1 heterocycles. The summed E-state index contributed by atoms with van der Waals surface area (Å²) < 4.78 is 13.7. The van der Waals surface area contributed by atoms with Crippen molar-refractivity contribution in [1.29, 1.82) is 0 Å². The molecule has 1 aromatic carbocycles. The molecule has 0 saturated carbocycles. The lowest BCUT2D eigenvalue weighted by Crippen LogP contribution is -2.47. The highest BCUT2D eigenvalue weighted by Gasteiger charge is 2.34. The minimum absolute atomic E-state index is 0.0390. The number of hydrogen-bond acceptors (Lipinski definition) is 2. The molecule has 1 atom stereocenters. The van der Waals surface area contributed by atoms with Crippen LogP contribution in [0.4, 0.5) is 19.7 Å². The van der Waals surface area contributed by atoms with Crippen LogP contribution in [-0.4, -0.2) is 35.1 Å². The number of amidine groups is 1. The van der Waals surface area contributed by atoms with E-state index < -0.39 is 17.9 Å². The van der Waals surface area contributed by atoms with Gasteiger partial charge in [-0.05, 0) is 24.6 Å². The van der Waals surface area contributed by atoms with Gasteiger partial charge in [0.1, 0.15) is 11.7 Å². The second-order valence-electron chi connectivity index (χ2n) is 5.93. The molecule has 0 spiro atoms. The summed E-state index contributed by atoms with van der Waals surface area (Å²) in [5.41, 5.74) is 0.583. The van der Waals surface area contributed by atoms with E-state index in [1.54, 1.807) is 18.2 Å². The number of nitrogens with one attached hydrogen (secondary N) is 1. The predicted molar refractivity (Wildman–Crippen MR) is 99.1 cm³/mol. The molecule has 3 rings (SSSR count). The fourth-order valence-electron chi connectivity index (χ4n) is 2.76. The molecule has 0 aromatic heterocycles. The molecule has 0 saturated heterocycles. The third-order valence-corrected chi connectivity index (χ3v) is 4.08. The number of benzene rings is 1. The van der Waals surface area contributed by atoms with Crippen LogP contribution < -0.4 is 5.32 Å². The second-order valence-corrected chi connectivity index (χ2v) is 5.93. The fraction of sp³-hybridized carbons (Fsp3) is 0.263. The number of anilines is 1. The van der Waals surface area contributed by atoms with Gasteiger partial charge in [-0.25, -0.2) is 14.0 Å². The Morgan fingerprint density at radius 1 is 1.35 bits per heavy atom. The molecule has 2 aliphatic rings. The van der Waals surface area contributed by atoms with Gasteiger partial charge in [0.2, 0.25) is 0 Å². The van der Waals surface area contributed by atoms with E-state index >= 15 is 0 Å². The first-order valence-electron chi connectivity index (χ1n) is 8.49. The van der Waals surface area contributed by atoms with E-state index in [1.807, 2.05) is 19.1 Å². The van der Waals surface area contributed by atoms with E-state index in [0.29, 0.717) is 18.1 Å². The van der Waals surface area contributed by atoms with E-state index in [2.05, 4.69) is 15.3 Å². The van der Waals surface area contributed by atoms with Gasteiger partial charge in [-0.1, -0.05) is 43.7 Å². The molecule has 4 amide bonds. The maximum atomic E-state index is 13.7. The van der Waals surface area contributed by atoms with Crippen molar-refractivity contribution in [3.05, 3.63) is 54.4 Å². The van der Waals surface area contributed by atoms with E-state index in [4.69, 9.17) is 0 Å². The van der Waals surface area contributed by atoms with Crippen molar-refractivity contribution < 1.29 is 14.0 Å². The molecule has 1 aliphatic heterocycles. The maximum absolute atomic E-state index is 13.7. The summed E-state index contributed by atoms with van der Waals surface area (Å²) in [6, 6.07) is 4.67. The lowest BCUT2D eigenvalue weighted by molar-refractivity contribution is 0.227. The van der Waals surface area contributed by atoms with Gasteiger partial charge < -0.3 is 5.32 Å². The normalized spacial score (nSPS) is 20.2. The smallest absolute Gasteiger partial charge is 0.303 e. The van der Waals surface area contributed by atoms with Crippen molar-refractivity contribution in [2.45, 2.75) is 19.8 Å². The zero-order chi connectivity index (χ0) is 18.5. The summed E-state index contributed by atoms with van der Waals surface area (Å²) in [6.45, 7) is 2.43. The van der Waals surface area contributed by atoms with Crippen molar-refractivity contribution >= 4 is 29.3 Å². The molecule has 6 nitrogen and oxygen atoms in total. The van der Waals surface area contributed by atoms with E-state index in [0.717, 1.165) is 12.8 Å². The number of para-hydroxylation sites is 1. The summed E-state index contributed by atoms with van der Waals surface area (Å²) in [4.78, 5) is 34.3. The van der Waals surface area contributed by atoms with Gasteiger partial charge in [-0.15, -0.1) is 0 Å². The molecule has 1 aliphatic carbocycles. The average Bonchev–Trinajstić information content (AvgIpc) is 2.63. The van der Waals surface area contributed by atoms with Gasteiger partial charge in [-0.3, -0.25) is 4.90 Å². The summed E-state index contributed by atoms with van der Waals surface area (Å²) in [6.07, 6.45) is 8.80. The monoisotopic (exact) mass is 354 g/mol. The van der Waals surface area contributed by atoms with Crippen LogP contribution >= 0.6 is 0 Å². The van der Waals surface area contributed by atoms with Gasteiger partial charge >= 0.3 is 12.1 Å². The summed E-state index contributed by atoms with van der Waals surface area (Å²) in [5.74, 6) is -0.616. The van der Waals surface area contributed by atoms with Crippen molar-refractivity contribution in [2.75, 3.05) is 11.9 Å². The van der Waals surface area contributed by atoms with Gasteiger partial charge in [0.25, 0.3) is 0 Å². The first-order valence-corrected chi connectivity index (χ1v) is 8.49. The number of amides is 4. The third kappa shape index (κ3) is 3.77. The lowest BCUT2D eigenvalue weighted by atomic mass is 9.94. The summed E-state index contributed by atoms with van der Waals surface area (Å²) in [5, 5.41) is 2.42. The van der Waals surface area contributed by atoms with Crippen LogP contribution in [0.15, 0.2) is 58.6 Å². The van der Waals surface area contributed by atoms with Gasteiger partial charge in [0, 0.05) is 6.54 Å². The summed E-state index contributed by atoms with van der Waals surface area (Å²) >= 11 is 0. The zero-order valence-electron chi connectivity index (χ0n) is 14.4. The highest BCUT2D eigenvalue weighted by atomic mass is 19.1. The molecular formula is C19H19FN4O2. The Balaban J connectivity index is 1.90. The number of halogens is 1. The van der Waals surface area contributed by atoms with Crippen molar-refractivity contribution in [1.82, 2.24) is 4.90 Å². The third-order valence-electron chi connectivity index (χ3n) is 4.08. The molecule has 134 valence electrons. The number of carbonyl (C=O) groups is 2. The molecule has 0 radical (unpaired) electrons. The summed E-state index contributed by atoms with van der Waals surface area (Å²) in [7, 11) is 0. The molecule has 26 heavy (non-hydrogen) atoms. The molecule has 0 bridgehead atoms. The van der Waals surface area contributed by atoms with Crippen LogP contribution in [0.5, 0.6) is 0 Å². The van der Waals surface area contributed by atoms with Gasteiger partial charge in [0.05, 0.1) is 17.3 Å². The van der Waals surface area contributed by atoms with Crippen molar-refractivity contribution in [3.8, 4) is 0 Å². The number of urea groups is 2. The number of nitrogens with zero attached hydrogens (tertiary/aromatic N) is 3. The zero-order valence-corrected chi connectivity index (χ0v) is 14.4. The van der Waals surface area contributed by atoms with E-state index in [-0.39, 0.29) is 11.6 Å². The minimum Gasteiger partial charge on any atom is -0.303 e. The Hall–Kier alpha value is -3.09. The van der Waals surface area contributed by atoms with Crippen LogP contribution in [0.2, 0.25) is 0 Å². The Morgan fingerprint density at radius 2 is 2.15 bits per heavy atom. The molecule has 7 heteroatoms. The lowest BCUT2D eigenvalue weighted by Gasteiger charge is -2.31. The minimum atomic E-state index is -0.733. The first kappa shape index (κ1) is 17.7. The van der Waals surface area contributed by atoms with Crippen LogP contribution in [0.25, 0.3) is 0 Å². The largest absolute Gasteiger partial charge is 0.349 e. The standard InChI is InChI=1S/C19H19FN4O2/c1-2-3-12-24-17(13-8-4-6-10-15(13)22-19(24)26)23-18(25)21-16-11-7-5-9-14(16)20/h4-11,13H,2-3,12H2,1H3,(H,21,25)/b23-17-. The molecule has 1 unspecified atom stereocenters. The quantitative estimate of drug-likeness (QED) is 0.881. The van der Waals surface area contributed by atoms with Gasteiger partial charge in [0.15, 0.2) is 0 Å².